The Morgan fingerprint density at radius 2 is 1.74 bits per heavy atom. The topological polar surface area (TPSA) is 17.1 Å². The molecule has 1 nitrogen and oxygen atoms in total. The van der Waals surface area contributed by atoms with Gasteiger partial charge in [-0.15, -0.1) is 0 Å². The normalized spacial score (nSPS) is 38.4. The Morgan fingerprint density at radius 3 is 2.37 bits per heavy atom. The zero-order chi connectivity index (χ0) is 13.3. The quantitative estimate of drug-likeness (QED) is 0.657. The third-order valence-corrected chi connectivity index (χ3v) is 7.06. The Hall–Kier alpha value is -0.150. The second-order valence-corrected chi connectivity index (χ2v) is 8.17. The van der Waals surface area contributed by atoms with E-state index in [1.54, 1.807) is 0 Å². The molecule has 4 rings (SSSR count). The number of halogens is 2. The van der Waals surface area contributed by atoms with E-state index in [1.165, 1.54) is 24.8 Å². The van der Waals surface area contributed by atoms with E-state index in [9.17, 15) is 4.79 Å². The van der Waals surface area contributed by atoms with Crippen LogP contribution in [0, 0.1) is 36.5 Å². The summed E-state index contributed by atoms with van der Waals surface area (Å²) in [5.41, 5.74) is 2.04. The van der Waals surface area contributed by atoms with Crippen LogP contribution in [0.2, 0.25) is 0 Å². The van der Waals surface area contributed by atoms with Crippen LogP contribution in [0.15, 0.2) is 21.1 Å². The maximum Gasteiger partial charge on any atom is 0.167 e. The number of fused-ring (bicyclic) bond motifs is 5. The summed E-state index contributed by atoms with van der Waals surface area (Å²) >= 11 is 7.10. The van der Waals surface area contributed by atoms with Crippen LogP contribution in [0.1, 0.15) is 35.2 Å². The highest BCUT2D eigenvalue weighted by Crippen LogP contribution is 2.70. The largest absolute Gasteiger partial charge is 0.294 e. The Morgan fingerprint density at radius 1 is 1.11 bits per heavy atom. The van der Waals surface area contributed by atoms with Gasteiger partial charge in [0.2, 0.25) is 0 Å². The summed E-state index contributed by atoms with van der Waals surface area (Å²) in [4.78, 5) is 12.8. The average Bonchev–Trinajstić information content (AvgIpc) is 2.81. The van der Waals surface area contributed by atoms with E-state index < -0.39 is 0 Å². The minimum Gasteiger partial charge on any atom is -0.294 e. The highest BCUT2D eigenvalue weighted by Gasteiger charge is 2.67. The summed E-state index contributed by atoms with van der Waals surface area (Å²) < 4.78 is 1.99. The van der Waals surface area contributed by atoms with Crippen molar-refractivity contribution in [2.45, 2.75) is 26.2 Å². The summed E-state index contributed by atoms with van der Waals surface area (Å²) in [6.07, 6.45) is 4.14. The molecule has 19 heavy (non-hydrogen) atoms. The van der Waals surface area contributed by atoms with Gasteiger partial charge in [-0.05, 0) is 67.6 Å². The summed E-state index contributed by atoms with van der Waals surface area (Å²) in [5.74, 6) is 3.86. The van der Waals surface area contributed by atoms with Gasteiger partial charge >= 0.3 is 0 Å². The van der Waals surface area contributed by atoms with Crippen LogP contribution in [0.25, 0.3) is 0 Å². The van der Waals surface area contributed by atoms with Crippen molar-refractivity contribution in [3.05, 3.63) is 32.2 Å². The van der Waals surface area contributed by atoms with Crippen molar-refractivity contribution in [3.63, 3.8) is 0 Å². The highest BCUT2D eigenvalue weighted by molar-refractivity contribution is 9.11. The summed E-state index contributed by atoms with van der Waals surface area (Å²) in [7, 11) is 0. The molecule has 100 valence electrons. The molecule has 1 aromatic rings. The van der Waals surface area contributed by atoms with Gasteiger partial charge in [-0.25, -0.2) is 0 Å². The maximum absolute atomic E-state index is 12.8. The lowest BCUT2D eigenvalue weighted by Gasteiger charge is -2.10. The summed E-state index contributed by atoms with van der Waals surface area (Å²) in [6.45, 7) is 2.05. The third-order valence-electron chi connectivity index (χ3n) is 5.55. The molecule has 3 fully saturated rings. The van der Waals surface area contributed by atoms with Gasteiger partial charge in [-0.2, -0.15) is 0 Å². The Bertz CT molecular complexity index is 564. The van der Waals surface area contributed by atoms with Crippen LogP contribution in [0.5, 0.6) is 0 Å². The standard InChI is InChI=1S/C16H16Br2O/c1-7-4-12(18)10(6-11(7)17)16(19)15-13-8-2-3-9(5-8)14(13)15/h4,6,8-9,13-15H,2-3,5H2,1H3. The number of hydrogen-bond donors (Lipinski definition) is 0. The molecule has 3 aliphatic rings. The molecule has 3 heteroatoms. The second-order valence-electron chi connectivity index (χ2n) is 6.46. The van der Waals surface area contributed by atoms with Gasteiger partial charge in [0.25, 0.3) is 0 Å². The molecule has 0 aliphatic heterocycles. The van der Waals surface area contributed by atoms with Crippen molar-refractivity contribution >= 4 is 37.6 Å². The van der Waals surface area contributed by atoms with Crippen molar-refractivity contribution in [1.29, 1.82) is 0 Å². The summed E-state index contributed by atoms with van der Waals surface area (Å²) in [5, 5.41) is 0. The first-order valence-corrected chi connectivity index (χ1v) is 8.66. The van der Waals surface area contributed by atoms with Crippen LogP contribution in [0.4, 0.5) is 0 Å². The summed E-state index contributed by atoms with van der Waals surface area (Å²) in [6, 6.07) is 4.04. The number of aryl methyl sites for hydroxylation is 1. The first-order chi connectivity index (χ1) is 9.08. The molecule has 0 spiro atoms. The van der Waals surface area contributed by atoms with Gasteiger partial charge in [0.15, 0.2) is 5.78 Å². The van der Waals surface area contributed by atoms with Gasteiger partial charge in [-0.3, -0.25) is 4.79 Å². The number of hydrogen-bond acceptors (Lipinski definition) is 1. The van der Waals surface area contributed by atoms with Gasteiger partial charge < -0.3 is 0 Å². The second kappa shape index (κ2) is 4.17. The number of benzene rings is 1. The van der Waals surface area contributed by atoms with Crippen LogP contribution in [0.3, 0.4) is 0 Å². The number of rotatable bonds is 2. The maximum atomic E-state index is 12.8. The molecule has 4 unspecified atom stereocenters. The van der Waals surface area contributed by atoms with Crippen molar-refractivity contribution < 1.29 is 4.79 Å². The van der Waals surface area contributed by atoms with Crippen molar-refractivity contribution in [1.82, 2.24) is 0 Å². The number of ketones is 1. The molecule has 1 aromatic carbocycles. The third kappa shape index (κ3) is 1.73. The molecule has 0 saturated heterocycles. The van der Waals surface area contributed by atoms with Crippen molar-refractivity contribution in [3.8, 4) is 0 Å². The molecule has 0 aromatic heterocycles. The van der Waals surface area contributed by atoms with Crippen LogP contribution in [-0.4, -0.2) is 5.78 Å². The van der Waals surface area contributed by atoms with E-state index in [1.807, 2.05) is 12.1 Å². The van der Waals surface area contributed by atoms with Crippen LogP contribution >= 0.6 is 31.9 Å². The predicted molar refractivity (Wildman–Crippen MR) is 82.2 cm³/mol. The molecular formula is C16H16Br2O. The molecule has 3 aliphatic carbocycles. The first kappa shape index (κ1) is 12.6. The molecule has 0 N–H and O–H groups in total. The molecule has 0 radical (unpaired) electrons. The molecule has 3 saturated carbocycles. The van der Waals surface area contributed by atoms with E-state index in [0.717, 1.165) is 38.2 Å². The predicted octanol–water partition coefficient (Wildman–Crippen LogP) is 4.99. The van der Waals surface area contributed by atoms with E-state index in [-0.39, 0.29) is 0 Å². The number of Topliss-reactive ketones (excluding diaryl/α,β-unsaturated/α-hetero) is 1. The lowest BCUT2D eigenvalue weighted by molar-refractivity contribution is 0.0943. The van der Waals surface area contributed by atoms with Gasteiger partial charge in [-0.1, -0.05) is 31.9 Å². The monoisotopic (exact) mass is 382 g/mol. The van der Waals surface area contributed by atoms with E-state index in [4.69, 9.17) is 0 Å². The minimum absolute atomic E-state index is 0.331. The molecule has 0 amide bonds. The number of carbonyl (C=O) groups excluding carboxylic acids is 1. The fourth-order valence-electron chi connectivity index (χ4n) is 4.69. The Labute approximate surface area is 130 Å². The van der Waals surface area contributed by atoms with E-state index in [2.05, 4.69) is 38.8 Å². The lowest BCUT2D eigenvalue weighted by atomic mass is 9.96. The van der Waals surface area contributed by atoms with Gasteiger partial charge in [0.1, 0.15) is 0 Å². The highest BCUT2D eigenvalue weighted by atomic mass is 79.9. The molecular weight excluding hydrogens is 368 g/mol. The van der Waals surface area contributed by atoms with E-state index in [0.29, 0.717) is 11.7 Å². The fraction of sp³-hybridized carbons (Fsp3) is 0.562. The molecule has 2 bridgehead atoms. The average molecular weight is 384 g/mol. The minimum atomic E-state index is 0.331. The van der Waals surface area contributed by atoms with Gasteiger partial charge in [0, 0.05) is 20.4 Å². The van der Waals surface area contributed by atoms with Crippen LogP contribution < -0.4 is 0 Å². The SMILES string of the molecule is Cc1cc(Br)c(C(=O)C2C3C4CCC(C4)C23)cc1Br. The van der Waals surface area contributed by atoms with E-state index >= 15 is 0 Å². The smallest absolute Gasteiger partial charge is 0.167 e. The Balaban J connectivity index is 1.64. The lowest BCUT2D eigenvalue weighted by Crippen LogP contribution is -2.11. The van der Waals surface area contributed by atoms with Crippen LogP contribution in [-0.2, 0) is 0 Å². The first-order valence-electron chi connectivity index (χ1n) is 7.08. The van der Waals surface area contributed by atoms with Crippen molar-refractivity contribution in [2.75, 3.05) is 0 Å². The number of carbonyl (C=O) groups is 1. The zero-order valence-electron chi connectivity index (χ0n) is 10.8. The molecule has 0 heterocycles. The van der Waals surface area contributed by atoms with Crippen molar-refractivity contribution in [2.24, 2.45) is 29.6 Å². The zero-order valence-corrected chi connectivity index (χ0v) is 14.0. The molecule has 4 atom stereocenters. The fourth-order valence-corrected chi connectivity index (χ4v) is 5.69. The van der Waals surface area contributed by atoms with Gasteiger partial charge in [0.05, 0.1) is 0 Å². The Kier molecular flexibility index (Phi) is 2.76.